The Morgan fingerprint density at radius 1 is 1.09 bits per heavy atom. The van der Waals surface area contributed by atoms with Crippen LogP contribution in [0.2, 0.25) is 0 Å². The predicted molar refractivity (Wildman–Crippen MR) is 123 cm³/mol. The van der Waals surface area contributed by atoms with Crippen molar-refractivity contribution in [1.82, 2.24) is 10.1 Å². The van der Waals surface area contributed by atoms with E-state index < -0.39 is 11.4 Å². The van der Waals surface area contributed by atoms with E-state index in [-0.39, 0.29) is 6.10 Å². The summed E-state index contributed by atoms with van der Waals surface area (Å²) in [6.45, 7) is 5.40. The second-order valence-electron chi connectivity index (χ2n) is 9.77. The highest BCUT2D eigenvalue weighted by atomic mass is 16.5. The van der Waals surface area contributed by atoms with Gasteiger partial charge in [-0.1, -0.05) is 6.07 Å². The molecule has 3 aliphatic heterocycles. The number of carboxylic acid groups (broad SMARTS) is 1. The van der Waals surface area contributed by atoms with Crippen LogP contribution < -0.4 is 9.47 Å². The lowest BCUT2D eigenvalue weighted by molar-refractivity contribution is -0.157. The zero-order chi connectivity index (χ0) is 23.4. The Labute approximate surface area is 199 Å². The van der Waals surface area contributed by atoms with Crippen LogP contribution in [0, 0.1) is 11.3 Å². The van der Waals surface area contributed by atoms with Crippen molar-refractivity contribution < 1.29 is 33.4 Å². The Balaban J connectivity index is 1.16. The minimum Gasteiger partial charge on any atom is -0.489 e. The van der Waals surface area contributed by atoms with Gasteiger partial charge in [0.2, 0.25) is 0 Å². The summed E-state index contributed by atoms with van der Waals surface area (Å²) in [7, 11) is 0. The van der Waals surface area contributed by atoms with Gasteiger partial charge in [-0.25, -0.2) is 0 Å². The van der Waals surface area contributed by atoms with Crippen LogP contribution in [-0.2, 0) is 14.3 Å². The second-order valence-corrected chi connectivity index (χ2v) is 9.77. The Kier molecular flexibility index (Phi) is 7.22. The molecule has 3 fully saturated rings. The van der Waals surface area contributed by atoms with Crippen molar-refractivity contribution in [2.75, 3.05) is 52.7 Å². The van der Waals surface area contributed by atoms with Crippen LogP contribution in [0.15, 0.2) is 22.7 Å². The molecule has 9 nitrogen and oxygen atoms in total. The number of aromatic nitrogens is 1. The lowest BCUT2D eigenvalue weighted by Gasteiger charge is -2.40. The number of benzene rings is 1. The van der Waals surface area contributed by atoms with Crippen LogP contribution in [0.4, 0.5) is 0 Å². The monoisotopic (exact) mass is 474 g/mol. The first-order chi connectivity index (χ1) is 16.6. The number of carbonyl (C=O) groups is 1. The molecule has 2 aromatic rings. The largest absolute Gasteiger partial charge is 0.489 e. The molecular formula is C25H34N2O7. The molecular weight excluding hydrogens is 440 g/mol. The minimum absolute atomic E-state index is 0.122. The molecule has 1 N–H and O–H groups in total. The van der Waals surface area contributed by atoms with Gasteiger partial charge < -0.3 is 33.5 Å². The maximum atomic E-state index is 12.0. The summed E-state index contributed by atoms with van der Waals surface area (Å²) in [5.41, 5.74) is -0.0213. The van der Waals surface area contributed by atoms with Gasteiger partial charge >= 0.3 is 5.97 Å². The molecule has 4 heterocycles. The van der Waals surface area contributed by atoms with Crippen LogP contribution in [-0.4, -0.2) is 79.9 Å². The van der Waals surface area contributed by atoms with E-state index in [0.29, 0.717) is 69.8 Å². The minimum atomic E-state index is -0.696. The first kappa shape index (κ1) is 23.4. The van der Waals surface area contributed by atoms with E-state index in [9.17, 15) is 9.90 Å². The van der Waals surface area contributed by atoms with Crippen LogP contribution in [0.5, 0.6) is 11.6 Å². The highest BCUT2D eigenvalue weighted by Gasteiger charge is 2.42. The summed E-state index contributed by atoms with van der Waals surface area (Å²) in [6, 6.07) is 5.72. The quantitative estimate of drug-likeness (QED) is 0.617. The van der Waals surface area contributed by atoms with Gasteiger partial charge in [-0.15, -0.1) is 0 Å². The maximum absolute atomic E-state index is 12.0. The Morgan fingerprint density at radius 2 is 1.82 bits per heavy atom. The fourth-order valence-corrected chi connectivity index (χ4v) is 5.24. The molecule has 0 aliphatic carbocycles. The summed E-state index contributed by atoms with van der Waals surface area (Å²) in [5.74, 6) is 0.915. The van der Waals surface area contributed by atoms with Crippen molar-refractivity contribution in [2.24, 2.45) is 11.3 Å². The number of hydrogen-bond donors (Lipinski definition) is 1. The zero-order valence-corrected chi connectivity index (χ0v) is 19.6. The molecule has 34 heavy (non-hydrogen) atoms. The molecule has 0 spiro atoms. The van der Waals surface area contributed by atoms with E-state index in [1.165, 1.54) is 0 Å². The van der Waals surface area contributed by atoms with Gasteiger partial charge in [0.05, 0.1) is 25.2 Å². The molecule has 186 valence electrons. The third kappa shape index (κ3) is 5.16. The van der Waals surface area contributed by atoms with E-state index in [1.807, 2.05) is 18.2 Å². The highest BCUT2D eigenvalue weighted by Crippen LogP contribution is 2.36. The van der Waals surface area contributed by atoms with Crippen LogP contribution >= 0.6 is 0 Å². The number of likely N-dealkylation sites (tertiary alicyclic amines) is 1. The number of aliphatic carboxylic acids is 1. The number of hydrogen-bond acceptors (Lipinski definition) is 8. The van der Waals surface area contributed by atoms with E-state index in [4.69, 9.17) is 23.5 Å². The number of piperidine rings is 1. The van der Waals surface area contributed by atoms with E-state index in [2.05, 4.69) is 10.1 Å². The molecule has 5 rings (SSSR count). The van der Waals surface area contributed by atoms with Gasteiger partial charge in [0.15, 0.2) is 5.58 Å². The van der Waals surface area contributed by atoms with Crippen LogP contribution in [0.25, 0.3) is 11.0 Å². The molecule has 9 heteroatoms. The molecule has 3 saturated heterocycles. The second kappa shape index (κ2) is 10.5. The van der Waals surface area contributed by atoms with Crippen LogP contribution in [0.1, 0.15) is 38.5 Å². The molecule has 0 atom stereocenters. The Hall–Kier alpha value is -2.36. The summed E-state index contributed by atoms with van der Waals surface area (Å²) in [5, 5.41) is 14.8. The molecule has 0 saturated carbocycles. The van der Waals surface area contributed by atoms with Crippen molar-refractivity contribution in [3.05, 3.63) is 18.2 Å². The number of nitrogens with zero attached hydrogens (tertiary/aromatic N) is 2. The van der Waals surface area contributed by atoms with Crippen LogP contribution in [0.3, 0.4) is 0 Å². The van der Waals surface area contributed by atoms with Crippen molar-refractivity contribution in [3.63, 3.8) is 0 Å². The SMILES string of the molecule is O=C(O)C1(CN2CCC(COc3noc4cccc(OC5CCOCC5)c34)CC2)CCOCC1. The summed E-state index contributed by atoms with van der Waals surface area (Å²) >= 11 is 0. The topological polar surface area (TPSA) is 103 Å². The van der Waals surface area contributed by atoms with Crippen molar-refractivity contribution >= 4 is 16.9 Å². The first-order valence-electron chi connectivity index (χ1n) is 12.4. The smallest absolute Gasteiger partial charge is 0.311 e. The lowest BCUT2D eigenvalue weighted by atomic mass is 9.79. The summed E-state index contributed by atoms with van der Waals surface area (Å²) < 4.78 is 28.7. The van der Waals surface area contributed by atoms with Crippen molar-refractivity contribution in [1.29, 1.82) is 0 Å². The third-order valence-electron chi connectivity index (χ3n) is 7.48. The number of ether oxygens (including phenoxy) is 4. The number of carboxylic acids is 1. The van der Waals surface area contributed by atoms with Gasteiger partial charge in [-0.05, 0) is 62.0 Å². The van der Waals surface area contributed by atoms with Crippen molar-refractivity contribution in [2.45, 2.75) is 44.6 Å². The van der Waals surface area contributed by atoms with Crippen molar-refractivity contribution in [3.8, 4) is 11.6 Å². The Morgan fingerprint density at radius 3 is 2.56 bits per heavy atom. The number of rotatable bonds is 8. The average Bonchev–Trinajstić information content (AvgIpc) is 3.29. The number of fused-ring (bicyclic) bond motifs is 1. The molecule has 0 unspecified atom stereocenters. The summed E-state index contributed by atoms with van der Waals surface area (Å²) in [6.07, 6.45) is 4.96. The zero-order valence-electron chi connectivity index (χ0n) is 19.6. The van der Waals surface area contributed by atoms with Gasteiger partial charge in [-0.2, -0.15) is 0 Å². The average molecular weight is 475 g/mol. The van der Waals surface area contributed by atoms with Gasteiger partial charge in [0.25, 0.3) is 5.88 Å². The molecule has 0 amide bonds. The molecule has 3 aliphatic rings. The lowest BCUT2D eigenvalue weighted by Crippen LogP contribution is -2.49. The normalized spacial score (nSPS) is 22.6. The van der Waals surface area contributed by atoms with Gasteiger partial charge in [0, 0.05) is 32.6 Å². The predicted octanol–water partition coefficient (Wildman–Crippen LogP) is 3.36. The molecule has 1 aromatic heterocycles. The van der Waals surface area contributed by atoms with E-state index >= 15 is 0 Å². The standard InChI is InChI=1S/C25H34N2O7/c28-24(29)25(8-14-31-15-9-25)17-27-10-4-18(5-11-27)16-32-23-22-20(2-1-3-21(22)34-26-23)33-19-6-12-30-13-7-19/h1-3,18-19H,4-17H2,(H,28,29). The van der Waals surface area contributed by atoms with E-state index in [0.717, 1.165) is 49.9 Å². The van der Waals surface area contributed by atoms with E-state index in [1.54, 1.807) is 0 Å². The highest BCUT2D eigenvalue weighted by molar-refractivity contribution is 5.88. The van der Waals surface area contributed by atoms with Gasteiger partial charge in [0.1, 0.15) is 17.2 Å². The van der Waals surface area contributed by atoms with Gasteiger partial charge in [-0.3, -0.25) is 4.79 Å². The molecule has 0 radical (unpaired) electrons. The molecule has 1 aromatic carbocycles. The molecule has 0 bridgehead atoms. The Bertz CT molecular complexity index is 957. The fraction of sp³-hybridized carbons (Fsp3) is 0.680. The third-order valence-corrected chi connectivity index (χ3v) is 7.48. The fourth-order valence-electron chi connectivity index (χ4n) is 5.24. The first-order valence-corrected chi connectivity index (χ1v) is 12.4. The maximum Gasteiger partial charge on any atom is 0.311 e. The summed E-state index contributed by atoms with van der Waals surface area (Å²) in [4.78, 5) is 14.3.